The van der Waals surface area contributed by atoms with E-state index in [4.69, 9.17) is 28.4 Å². The first-order chi connectivity index (χ1) is 20.7. The third kappa shape index (κ3) is 12.7. The van der Waals surface area contributed by atoms with Crippen LogP contribution in [-0.2, 0) is 47.6 Å². The van der Waals surface area contributed by atoms with Gasteiger partial charge in [-0.25, -0.2) is 9.18 Å². The first-order valence-corrected chi connectivity index (χ1v) is 18.8. The van der Waals surface area contributed by atoms with Crippen LogP contribution >= 0.6 is 15.9 Å². The van der Waals surface area contributed by atoms with Gasteiger partial charge >= 0.3 is 30.0 Å². The Morgan fingerprint density at radius 3 is 1.73 bits per heavy atom. The Morgan fingerprint density at radius 2 is 1.27 bits per heavy atom. The van der Waals surface area contributed by atoms with Crippen LogP contribution < -0.4 is 5.19 Å². The molecule has 0 aliphatic carbocycles. The topological polar surface area (TPSA) is 141 Å². The molecule has 0 amide bonds. The number of rotatable bonds is 17. The van der Waals surface area contributed by atoms with E-state index in [0.29, 0.717) is 6.42 Å². The van der Waals surface area contributed by atoms with Gasteiger partial charge in [-0.1, -0.05) is 65.0 Å². The summed E-state index contributed by atoms with van der Waals surface area (Å²) in [6.45, 7) is 10.3. The molecular weight excluding hydrogens is 675 g/mol. The molecule has 1 aromatic carbocycles. The molecule has 0 fully saturated rings. The molecule has 0 aliphatic heterocycles. The number of methoxy groups -OCH3 is 1. The second-order valence-corrected chi connectivity index (χ2v) is 19.2. The maximum atomic E-state index is 13.2. The lowest BCUT2D eigenvalue weighted by molar-refractivity contribution is -0.170. The minimum absolute atomic E-state index is 0.161. The summed E-state index contributed by atoms with van der Waals surface area (Å²) in [7, 11) is -0.347. The summed E-state index contributed by atoms with van der Waals surface area (Å²) >= 11 is 3.68. The van der Waals surface area contributed by atoms with Gasteiger partial charge in [0.2, 0.25) is 0 Å². The fraction of sp³-hybridized carbons (Fsp3) is 0.645. The van der Waals surface area contributed by atoms with Crippen molar-refractivity contribution in [2.24, 2.45) is 16.2 Å². The van der Waals surface area contributed by atoms with Crippen molar-refractivity contribution >= 4 is 59.2 Å². The van der Waals surface area contributed by atoms with Gasteiger partial charge in [-0.15, -0.1) is 0 Å². The molecule has 0 N–H and O–H groups in total. The number of ether oxygens (including phenoxy) is 6. The molecule has 254 valence electrons. The normalized spacial score (nSPS) is 15.0. The molecule has 0 saturated heterocycles. The minimum atomic E-state index is -1.72. The molecule has 0 aliphatic rings. The molecule has 0 radical (unpaired) electrons. The highest BCUT2D eigenvalue weighted by atomic mass is 79.9. The Bertz CT molecular complexity index is 1180. The zero-order valence-electron chi connectivity index (χ0n) is 27.6. The fourth-order valence-corrected chi connectivity index (χ4v) is 6.15. The zero-order chi connectivity index (χ0) is 34.6. The summed E-state index contributed by atoms with van der Waals surface area (Å²) in [4.78, 5) is 61.7. The second kappa shape index (κ2) is 17.1. The number of alkyl halides is 2. The Labute approximate surface area is 273 Å². The molecule has 14 heteroatoms. The summed E-state index contributed by atoms with van der Waals surface area (Å²) in [6, 6.07) is 8.28. The van der Waals surface area contributed by atoms with E-state index in [1.807, 2.05) is 12.1 Å². The van der Waals surface area contributed by atoms with Gasteiger partial charge in [0.05, 0.1) is 20.6 Å². The highest BCUT2D eigenvalue weighted by Crippen LogP contribution is 2.37. The molecule has 0 bridgehead atoms. The van der Waals surface area contributed by atoms with E-state index in [1.165, 1.54) is 19.0 Å². The maximum Gasteiger partial charge on any atom is 0.508 e. The van der Waals surface area contributed by atoms with E-state index in [-0.39, 0.29) is 4.83 Å². The number of esters is 4. The van der Waals surface area contributed by atoms with Crippen LogP contribution in [0.1, 0.15) is 51.4 Å². The highest BCUT2D eigenvalue weighted by molar-refractivity contribution is 9.09. The van der Waals surface area contributed by atoms with E-state index < -0.39 is 94.1 Å². The van der Waals surface area contributed by atoms with Gasteiger partial charge in [-0.3, -0.25) is 19.2 Å². The molecular formula is C31H46BrFO11Si. The van der Waals surface area contributed by atoms with Gasteiger partial charge in [0.15, 0.2) is 0 Å². The molecule has 3 unspecified atom stereocenters. The predicted octanol–water partition coefficient (Wildman–Crippen LogP) is 5.04. The Kier molecular flexibility index (Phi) is 15.2. The highest BCUT2D eigenvalue weighted by Gasteiger charge is 2.42. The lowest BCUT2D eigenvalue weighted by Crippen LogP contribution is -2.43. The first kappa shape index (κ1) is 40.0. The minimum Gasteiger partial charge on any atom is -0.468 e. The Morgan fingerprint density at radius 1 is 0.778 bits per heavy atom. The molecule has 3 atom stereocenters. The number of carbonyl (C=O) groups excluding carboxylic acids is 5. The van der Waals surface area contributed by atoms with Crippen molar-refractivity contribution < 1.29 is 56.8 Å². The number of carbonyl (C=O) groups is 5. The van der Waals surface area contributed by atoms with Crippen LogP contribution in [0.2, 0.25) is 19.6 Å². The number of benzene rings is 1. The maximum absolute atomic E-state index is 13.2. The van der Waals surface area contributed by atoms with Gasteiger partial charge in [-0.05, 0) is 39.7 Å². The molecule has 45 heavy (non-hydrogen) atoms. The van der Waals surface area contributed by atoms with Crippen LogP contribution in [-0.4, -0.2) is 84.9 Å². The molecule has 1 rings (SSSR count). The van der Waals surface area contributed by atoms with Gasteiger partial charge in [0, 0.05) is 11.8 Å². The van der Waals surface area contributed by atoms with Crippen LogP contribution in [0.3, 0.4) is 0 Å². The Hall–Kier alpha value is -3.00. The third-order valence-electron chi connectivity index (χ3n) is 6.99. The van der Waals surface area contributed by atoms with E-state index in [9.17, 15) is 28.4 Å². The summed E-state index contributed by atoms with van der Waals surface area (Å²) in [5.74, 6) is -3.04. The quantitative estimate of drug-likeness (QED) is 0.0925. The molecule has 0 heterocycles. The lowest BCUT2D eigenvalue weighted by atomic mass is 9.86. The summed E-state index contributed by atoms with van der Waals surface area (Å²) < 4.78 is 42.9. The van der Waals surface area contributed by atoms with E-state index in [0.717, 1.165) is 19.6 Å². The van der Waals surface area contributed by atoms with Gasteiger partial charge in [0.1, 0.15) is 50.5 Å². The molecule has 11 nitrogen and oxygen atoms in total. The predicted molar refractivity (Wildman–Crippen MR) is 170 cm³/mol. The van der Waals surface area contributed by atoms with Crippen molar-refractivity contribution in [1.82, 2.24) is 0 Å². The van der Waals surface area contributed by atoms with E-state index >= 15 is 0 Å². The fourth-order valence-electron chi connectivity index (χ4n) is 3.87. The molecule has 0 saturated carbocycles. The summed E-state index contributed by atoms with van der Waals surface area (Å²) in [5.41, 5.74) is -3.24. The average Bonchev–Trinajstić information content (AvgIpc) is 2.98. The third-order valence-corrected chi connectivity index (χ3v) is 9.91. The standard InChI is InChI=1S/C31H46BrFO11Si/c1-21(34)41-17-30(4,26(36)39-6)19-43-28(38)44-20-31(5,27(37)40-15-14-33)18-42-25(35)29(2,3)16-24(32)22-10-12-23(13-11-22)45(7,8)9/h10-13,24H,14-20H2,1-9H3. The van der Waals surface area contributed by atoms with Crippen LogP contribution in [0.15, 0.2) is 24.3 Å². The van der Waals surface area contributed by atoms with Gasteiger partial charge in [0.25, 0.3) is 0 Å². The van der Waals surface area contributed by atoms with Crippen molar-refractivity contribution in [2.75, 3.05) is 46.8 Å². The van der Waals surface area contributed by atoms with Crippen molar-refractivity contribution in [2.45, 2.75) is 65.5 Å². The summed E-state index contributed by atoms with van der Waals surface area (Å²) in [6.07, 6.45) is -0.901. The van der Waals surface area contributed by atoms with Crippen LogP contribution in [0.25, 0.3) is 0 Å². The monoisotopic (exact) mass is 720 g/mol. The Balaban J connectivity index is 2.93. The summed E-state index contributed by atoms with van der Waals surface area (Å²) in [5, 5.41) is 1.31. The van der Waals surface area contributed by atoms with Crippen molar-refractivity contribution in [3.05, 3.63) is 29.8 Å². The SMILES string of the molecule is COC(=O)C(C)(COC(C)=O)COC(=O)OCC(C)(COC(=O)C(C)(C)CC(Br)c1ccc([Si](C)(C)C)cc1)C(=O)OCCF. The van der Waals surface area contributed by atoms with Gasteiger partial charge < -0.3 is 28.4 Å². The van der Waals surface area contributed by atoms with Crippen LogP contribution in [0.5, 0.6) is 0 Å². The van der Waals surface area contributed by atoms with Crippen molar-refractivity contribution in [1.29, 1.82) is 0 Å². The van der Waals surface area contributed by atoms with Crippen molar-refractivity contribution in [3.8, 4) is 0 Å². The number of halogens is 2. The van der Waals surface area contributed by atoms with Crippen molar-refractivity contribution in [3.63, 3.8) is 0 Å². The van der Waals surface area contributed by atoms with E-state index in [2.05, 4.69) is 47.7 Å². The van der Waals surface area contributed by atoms with E-state index in [1.54, 1.807) is 13.8 Å². The first-order valence-electron chi connectivity index (χ1n) is 14.4. The van der Waals surface area contributed by atoms with Gasteiger partial charge in [-0.2, -0.15) is 0 Å². The lowest BCUT2D eigenvalue weighted by Gasteiger charge is -2.30. The largest absolute Gasteiger partial charge is 0.508 e. The number of hydrogen-bond donors (Lipinski definition) is 0. The van der Waals surface area contributed by atoms with Crippen LogP contribution in [0, 0.1) is 16.2 Å². The average molecular weight is 722 g/mol. The smallest absolute Gasteiger partial charge is 0.468 e. The number of hydrogen-bond acceptors (Lipinski definition) is 11. The second-order valence-electron chi connectivity index (χ2n) is 13.0. The zero-order valence-corrected chi connectivity index (χ0v) is 30.2. The molecule has 1 aromatic rings. The molecule has 0 spiro atoms. The van der Waals surface area contributed by atoms with Crippen LogP contribution in [0.4, 0.5) is 9.18 Å². The molecule has 0 aromatic heterocycles.